The Bertz CT molecular complexity index is 1130. The number of esters is 2. The normalized spacial score (nSPS) is 20.8. The van der Waals surface area contributed by atoms with Crippen LogP contribution in [0.15, 0.2) is 36.4 Å². The van der Waals surface area contributed by atoms with Gasteiger partial charge in [-0.15, -0.1) is 0 Å². The van der Waals surface area contributed by atoms with Crippen LogP contribution in [0.5, 0.6) is 5.75 Å². The van der Waals surface area contributed by atoms with Crippen LogP contribution in [-0.4, -0.2) is 55.2 Å². The Kier molecular flexibility index (Phi) is 19.2. The predicted molar refractivity (Wildman–Crippen MR) is 201 cm³/mol. The molecule has 0 atom stereocenters. The molecule has 0 amide bonds. The first kappa shape index (κ1) is 41.8. The molecule has 1 aromatic rings. The molecular formula is C43H68O7. The Morgan fingerprint density at radius 2 is 1.26 bits per heavy atom. The minimum absolute atomic E-state index is 0.0456. The van der Waals surface area contributed by atoms with Crippen LogP contribution < -0.4 is 4.74 Å². The highest BCUT2D eigenvalue weighted by Gasteiger charge is 2.32. The van der Waals surface area contributed by atoms with Crippen molar-refractivity contribution in [2.24, 2.45) is 23.7 Å². The lowest BCUT2D eigenvalue weighted by Gasteiger charge is -2.38. The SMILES string of the molecule is C=C(C)C(=O)OCCCc1cc(C2CCC(C3CCC(CCCCC)CC3)CC2)cc(CCCOC(=O)C(=C)C)c1OCCCC(CO)CO. The number of carbonyl (C=O) groups excluding carboxylic acids is 2. The lowest BCUT2D eigenvalue weighted by Crippen LogP contribution is -2.25. The van der Waals surface area contributed by atoms with Gasteiger partial charge in [-0.25, -0.2) is 9.59 Å². The van der Waals surface area contributed by atoms with Crippen molar-refractivity contribution in [2.75, 3.05) is 33.0 Å². The highest BCUT2D eigenvalue weighted by molar-refractivity contribution is 5.87. The van der Waals surface area contributed by atoms with Gasteiger partial charge in [0.2, 0.25) is 0 Å². The van der Waals surface area contributed by atoms with Gasteiger partial charge in [-0.3, -0.25) is 0 Å². The third-order valence-electron chi connectivity index (χ3n) is 11.1. The van der Waals surface area contributed by atoms with Gasteiger partial charge in [-0.2, -0.15) is 0 Å². The van der Waals surface area contributed by atoms with Gasteiger partial charge in [0, 0.05) is 30.3 Å². The molecule has 2 aliphatic rings. The van der Waals surface area contributed by atoms with Crippen LogP contribution >= 0.6 is 0 Å². The average Bonchev–Trinajstić information content (AvgIpc) is 3.12. The zero-order chi connectivity index (χ0) is 36.3. The van der Waals surface area contributed by atoms with Crippen LogP contribution in [0.4, 0.5) is 0 Å². The van der Waals surface area contributed by atoms with E-state index in [9.17, 15) is 19.8 Å². The molecule has 3 rings (SSSR count). The number of aliphatic hydroxyl groups excluding tert-OH is 2. The zero-order valence-electron chi connectivity index (χ0n) is 31.7. The summed E-state index contributed by atoms with van der Waals surface area (Å²) in [6.07, 6.45) is 20.3. The van der Waals surface area contributed by atoms with E-state index in [0.29, 0.717) is 75.4 Å². The second kappa shape index (κ2) is 23.0. The summed E-state index contributed by atoms with van der Waals surface area (Å²) in [7, 11) is 0. The van der Waals surface area contributed by atoms with E-state index in [4.69, 9.17) is 14.2 Å². The number of aliphatic hydroxyl groups is 2. The molecule has 50 heavy (non-hydrogen) atoms. The molecular weight excluding hydrogens is 628 g/mol. The third-order valence-corrected chi connectivity index (χ3v) is 11.1. The van der Waals surface area contributed by atoms with Crippen LogP contribution in [0.2, 0.25) is 0 Å². The van der Waals surface area contributed by atoms with E-state index in [1.54, 1.807) is 13.8 Å². The highest BCUT2D eigenvalue weighted by atomic mass is 16.5. The number of ether oxygens (including phenoxy) is 3. The lowest BCUT2D eigenvalue weighted by atomic mass is 9.67. The van der Waals surface area contributed by atoms with Gasteiger partial charge in [0.05, 0.1) is 19.8 Å². The van der Waals surface area contributed by atoms with Gasteiger partial charge in [-0.05, 0) is 131 Å². The zero-order valence-corrected chi connectivity index (χ0v) is 31.7. The quantitative estimate of drug-likeness (QED) is 0.0668. The Morgan fingerprint density at radius 3 is 1.74 bits per heavy atom. The maximum Gasteiger partial charge on any atom is 0.333 e. The summed E-state index contributed by atoms with van der Waals surface area (Å²) in [5, 5.41) is 19.1. The molecule has 0 bridgehead atoms. The average molecular weight is 697 g/mol. The molecule has 282 valence electrons. The monoisotopic (exact) mass is 696 g/mol. The van der Waals surface area contributed by atoms with Gasteiger partial charge in [-0.1, -0.05) is 70.7 Å². The largest absolute Gasteiger partial charge is 0.493 e. The molecule has 2 N–H and O–H groups in total. The topological polar surface area (TPSA) is 102 Å². The second-order valence-electron chi connectivity index (χ2n) is 15.3. The molecule has 2 saturated carbocycles. The summed E-state index contributed by atoms with van der Waals surface area (Å²) in [6.45, 7) is 14.0. The van der Waals surface area contributed by atoms with Crippen molar-refractivity contribution < 1.29 is 34.0 Å². The fourth-order valence-electron chi connectivity index (χ4n) is 8.02. The molecule has 2 fully saturated rings. The van der Waals surface area contributed by atoms with Crippen LogP contribution in [0.1, 0.15) is 146 Å². The summed E-state index contributed by atoms with van der Waals surface area (Å²) in [6, 6.07) is 4.66. The fraction of sp³-hybridized carbons (Fsp3) is 0.721. The van der Waals surface area contributed by atoms with Crippen molar-refractivity contribution in [1.29, 1.82) is 0 Å². The molecule has 0 heterocycles. The molecule has 0 radical (unpaired) electrons. The van der Waals surface area contributed by atoms with Crippen molar-refractivity contribution in [3.63, 3.8) is 0 Å². The summed E-state index contributed by atoms with van der Waals surface area (Å²) in [5.41, 5.74) is 4.38. The van der Waals surface area contributed by atoms with Gasteiger partial charge in [0.25, 0.3) is 0 Å². The van der Waals surface area contributed by atoms with E-state index in [0.717, 1.165) is 34.6 Å². The number of hydrogen-bond acceptors (Lipinski definition) is 7. The van der Waals surface area contributed by atoms with E-state index < -0.39 is 0 Å². The predicted octanol–water partition coefficient (Wildman–Crippen LogP) is 9.21. The third kappa shape index (κ3) is 14.2. The molecule has 7 heteroatoms. The van der Waals surface area contributed by atoms with Gasteiger partial charge in [0.15, 0.2) is 0 Å². The van der Waals surface area contributed by atoms with Crippen LogP contribution in [-0.2, 0) is 31.9 Å². The van der Waals surface area contributed by atoms with Gasteiger partial charge >= 0.3 is 11.9 Å². The number of hydrogen-bond donors (Lipinski definition) is 2. The first-order chi connectivity index (χ1) is 24.2. The molecule has 0 aliphatic heterocycles. The Labute approximate surface area is 303 Å². The first-order valence-electron chi connectivity index (χ1n) is 19.8. The second-order valence-corrected chi connectivity index (χ2v) is 15.3. The van der Waals surface area contributed by atoms with Crippen LogP contribution in [0.25, 0.3) is 0 Å². The van der Waals surface area contributed by atoms with Crippen molar-refractivity contribution in [3.8, 4) is 5.75 Å². The van der Waals surface area contributed by atoms with Gasteiger partial charge < -0.3 is 24.4 Å². The van der Waals surface area contributed by atoms with E-state index in [2.05, 4.69) is 32.2 Å². The smallest absolute Gasteiger partial charge is 0.333 e. The van der Waals surface area contributed by atoms with Crippen molar-refractivity contribution in [1.82, 2.24) is 0 Å². The van der Waals surface area contributed by atoms with Crippen LogP contribution in [0.3, 0.4) is 0 Å². The highest BCUT2D eigenvalue weighted by Crippen LogP contribution is 2.45. The molecule has 0 unspecified atom stereocenters. The van der Waals surface area contributed by atoms with E-state index in [1.807, 2.05) is 0 Å². The molecule has 0 saturated heterocycles. The summed E-state index contributed by atoms with van der Waals surface area (Å²) in [5.74, 6) is 3.15. The maximum atomic E-state index is 12.0. The Hall–Kier alpha value is -2.64. The molecule has 2 aliphatic carbocycles. The molecule has 0 aromatic heterocycles. The number of carbonyl (C=O) groups is 2. The van der Waals surface area contributed by atoms with Crippen molar-refractivity contribution >= 4 is 11.9 Å². The van der Waals surface area contributed by atoms with Crippen molar-refractivity contribution in [2.45, 2.75) is 142 Å². The Balaban J connectivity index is 1.75. The number of aryl methyl sites for hydroxylation is 2. The van der Waals surface area contributed by atoms with E-state index in [1.165, 1.54) is 82.6 Å². The first-order valence-corrected chi connectivity index (χ1v) is 19.8. The summed E-state index contributed by atoms with van der Waals surface area (Å²) >= 11 is 0. The number of unbranched alkanes of at least 4 members (excludes halogenated alkanes) is 2. The van der Waals surface area contributed by atoms with E-state index >= 15 is 0 Å². The van der Waals surface area contributed by atoms with E-state index in [-0.39, 0.29) is 31.1 Å². The van der Waals surface area contributed by atoms with Crippen LogP contribution in [0, 0.1) is 23.7 Å². The summed E-state index contributed by atoms with van der Waals surface area (Å²) in [4.78, 5) is 24.1. The van der Waals surface area contributed by atoms with Crippen molar-refractivity contribution in [3.05, 3.63) is 53.1 Å². The molecule has 1 aromatic carbocycles. The fourth-order valence-corrected chi connectivity index (χ4v) is 8.02. The number of rotatable bonds is 23. The minimum atomic E-state index is -0.371. The lowest BCUT2D eigenvalue weighted by molar-refractivity contribution is -0.139. The summed E-state index contributed by atoms with van der Waals surface area (Å²) < 4.78 is 17.4. The molecule has 0 spiro atoms. The van der Waals surface area contributed by atoms with Gasteiger partial charge in [0.1, 0.15) is 5.75 Å². The standard InChI is InChI=1S/C43H68O7/c1-6-7-8-12-33-16-18-35(19-17-33)36-20-22-37(23-21-36)40-27-38(14-10-25-49-42(46)31(2)3)41(48-24-9-13-34(29-44)30-45)39(28-40)15-11-26-50-43(47)32(4)5/h27-28,33-37,44-45H,2,4,6-26,29-30H2,1,3,5H3. The Morgan fingerprint density at radius 1 is 0.740 bits per heavy atom. The number of benzene rings is 1. The molecule has 7 nitrogen and oxygen atoms in total. The maximum absolute atomic E-state index is 12.0. The minimum Gasteiger partial charge on any atom is -0.493 e.